The smallest absolute Gasteiger partial charge is 0.417 e. The van der Waals surface area contributed by atoms with Crippen LogP contribution >= 0.6 is 11.6 Å². The number of halogens is 4. The highest BCUT2D eigenvalue weighted by molar-refractivity contribution is 6.33. The Labute approximate surface area is 178 Å². The molecule has 1 atom stereocenters. The Balaban J connectivity index is 1.61. The van der Waals surface area contributed by atoms with E-state index in [0.29, 0.717) is 31.9 Å². The number of pyridine rings is 1. The molecule has 1 aromatic carbocycles. The molecule has 1 aromatic heterocycles. The van der Waals surface area contributed by atoms with E-state index in [1.807, 2.05) is 32.0 Å². The number of rotatable bonds is 4. The zero-order valence-electron chi connectivity index (χ0n) is 17.0. The van der Waals surface area contributed by atoms with Crippen molar-refractivity contribution in [2.75, 3.05) is 31.1 Å². The molecule has 0 N–H and O–H groups in total. The maximum atomic E-state index is 12.8. The van der Waals surface area contributed by atoms with E-state index in [1.165, 1.54) is 0 Å². The summed E-state index contributed by atoms with van der Waals surface area (Å²) in [5.74, 6) is 0.828. The topological polar surface area (TPSA) is 45.7 Å². The maximum absolute atomic E-state index is 12.8. The van der Waals surface area contributed by atoms with Crippen LogP contribution in [0.1, 0.15) is 23.6 Å². The quantitative estimate of drug-likeness (QED) is 0.701. The highest BCUT2D eigenvalue weighted by Gasteiger charge is 2.33. The van der Waals surface area contributed by atoms with Gasteiger partial charge < -0.3 is 14.5 Å². The predicted octanol–water partition coefficient (Wildman–Crippen LogP) is 4.49. The summed E-state index contributed by atoms with van der Waals surface area (Å²) >= 11 is 6.03. The van der Waals surface area contributed by atoms with E-state index in [2.05, 4.69) is 4.98 Å². The van der Waals surface area contributed by atoms with Crippen LogP contribution in [0.2, 0.25) is 5.02 Å². The van der Waals surface area contributed by atoms with Crippen molar-refractivity contribution in [3.63, 3.8) is 0 Å². The summed E-state index contributed by atoms with van der Waals surface area (Å²) in [6.07, 6.45) is -4.37. The number of hydrogen-bond acceptors (Lipinski definition) is 4. The first-order valence-electron chi connectivity index (χ1n) is 9.57. The summed E-state index contributed by atoms with van der Waals surface area (Å²) in [6.45, 7) is 7.28. The minimum absolute atomic E-state index is 0.0591. The minimum Gasteiger partial charge on any atom is -0.481 e. The van der Waals surface area contributed by atoms with Crippen LogP contribution in [0.3, 0.4) is 0 Å². The van der Waals surface area contributed by atoms with E-state index in [0.717, 1.165) is 23.4 Å². The van der Waals surface area contributed by atoms with Crippen molar-refractivity contribution >= 4 is 23.3 Å². The Morgan fingerprint density at radius 3 is 2.47 bits per heavy atom. The molecule has 0 bridgehead atoms. The van der Waals surface area contributed by atoms with Gasteiger partial charge in [-0.3, -0.25) is 4.79 Å². The molecule has 1 aliphatic heterocycles. The van der Waals surface area contributed by atoms with Gasteiger partial charge in [-0.05, 0) is 44.0 Å². The molecule has 30 heavy (non-hydrogen) atoms. The number of piperazine rings is 1. The molecule has 0 spiro atoms. The number of anilines is 1. The van der Waals surface area contributed by atoms with E-state index in [1.54, 1.807) is 16.7 Å². The highest BCUT2D eigenvalue weighted by Crippen LogP contribution is 2.33. The number of carbonyl (C=O) groups is 1. The molecule has 9 heteroatoms. The number of ether oxygens (including phenoxy) is 1. The molecule has 1 saturated heterocycles. The third-order valence-corrected chi connectivity index (χ3v) is 5.52. The number of hydrogen-bond donors (Lipinski definition) is 0. The molecule has 0 aliphatic carbocycles. The van der Waals surface area contributed by atoms with Crippen LogP contribution in [0.25, 0.3) is 0 Å². The SMILES string of the molecule is Cc1cccc(OC(C)C(=O)N2CCN(c3ncc(C(F)(F)F)cc3Cl)CC2)c1C. The van der Waals surface area contributed by atoms with Gasteiger partial charge >= 0.3 is 6.18 Å². The highest BCUT2D eigenvalue weighted by atomic mass is 35.5. The Hall–Kier alpha value is -2.48. The van der Waals surface area contributed by atoms with E-state index in [-0.39, 0.29) is 16.7 Å². The minimum atomic E-state index is -4.49. The van der Waals surface area contributed by atoms with Gasteiger partial charge in [-0.2, -0.15) is 13.2 Å². The molecule has 0 radical (unpaired) electrons. The summed E-state index contributed by atoms with van der Waals surface area (Å²) in [5, 5.41) is -0.0591. The van der Waals surface area contributed by atoms with Crippen LogP contribution in [0.4, 0.5) is 19.0 Å². The van der Waals surface area contributed by atoms with E-state index >= 15 is 0 Å². The zero-order valence-corrected chi connectivity index (χ0v) is 17.7. The number of nitrogens with zero attached hydrogens (tertiary/aromatic N) is 3. The zero-order chi connectivity index (χ0) is 22.1. The lowest BCUT2D eigenvalue weighted by atomic mass is 10.1. The third kappa shape index (κ3) is 4.80. The van der Waals surface area contributed by atoms with Crippen molar-refractivity contribution < 1.29 is 22.7 Å². The van der Waals surface area contributed by atoms with Crippen LogP contribution in [0.15, 0.2) is 30.5 Å². The Morgan fingerprint density at radius 2 is 1.87 bits per heavy atom. The van der Waals surface area contributed by atoms with Crippen LogP contribution < -0.4 is 9.64 Å². The number of alkyl halides is 3. The molecule has 5 nitrogen and oxygen atoms in total. The molecule has 1 aliphatic rings. The molecule has 0 saturated carbocycles. The Kier molecular flexibility index (Phi) is 6.45. The van der Waals surface area contributed by atoms with Crippen molar-refractivity contribution in [3.8, 4) is 5.75 Å². The van der Waals surface area contributed by atoms with E-state index < -0.39 is 17.8 Å². The van der Waals surface area contributed by atoms with Gasteiger partial charge in [-0.15, -0.1) is 0 Å². The third-order valence-electron chi connectivity index (χ3n) is 5.25. The lowest BCUT2D eigenvalue weighted by Gasteiger charge is -2.36. The van der Waals surface area contributed by atoms with E-state index in [4.69, 9.17) is 16.3 Å². The summed E-state index contributed by atoms with van der Waals surface area (Å²) in [7, 11) is 0. The van der Waals surface area contributed by atoms with Crippen molar-refractivity contribution in [1.29, 1.82) is 0 Å². The number of amides is 1. The summed E-state index contributed by atoms with van der Waals surface area (Å²) in [4.78, 5) is 20.1. The van der Waals surface area contributed by atoms with Gasteiger partial charge in [0.15, 0.2) is 6.10 Å². The summed E-state index contributed by atoms with van der Waals surface area (Å²) in [6, 6.07) is 6.58. The normalized spacial score (nSPS) is 15.8. The second-order valence-electron chi connectivity index (χ2n) is 7.30. The fraction of sp³-hybridized carbons (Fsp3) is 0.429. The largest absolute Gasteiger partial charge is 0.481 e. The van der Waals surface area contributed by atoms with Crippen LogP contribution in [-0.2, 0) is 11.0 Å². The first-order chi connectivity index (χ1) is 14.1. The first kappa shape index (κ1) is 22.2. The lowest BCUT2D eigenvalue weighted by Crippen LogP contribution is -2.52. The van der Waals surface area contributed by atoms with Crippen LogP contribution in [0, 0.1) is 13.8 Å². The van der Waals surface area contributed by atoms with Crippen molar-refractivity contribution in [2.24, 2.45) is 0 Å². The molecular weight excluding hydrogens is 419 g/mol. The van der Waals surface area contributed by atoms with Gasteiger partial charge in [-0.25, -0.2) is 4.98 Å². The van der Waals surface area contributed by atoms with Crippen LogP contribution in [-0.4, -0.2) is 48.1 Å². The fourth-order valence-electron chi connectivity index (χ4n) is 3.31. The molecule has 1 amide bonds. The van der Waals surface area contributed by atoms with Crippen molar-refractivity contribution in [2.45, 2.75) is 33.1 Å². The second kappa shape index (κ2) is 8.71. The van der Waals surface area contributed by atoms with Crippen molar-refractivity contribution in [1.82, 2.24) is 9.88 Å². The standard InChI is InChI=1S/C21H23ClF3N3O2/c1-13-5-4-6-18(14(13)2)30-15(3)20(29)28-9-7-27(8-10-28)19-17(22)11-16(12-26-19)21(23,24)25/h4-6,11-12,15H,7-10H2,1-3H3. The molecule has 2 heterocycles. The van der Waals surface area contributed by atoms with Gasteiger partial charge in [-0.1, -0.05) is 23.7 Å². The van der Waals surface area contributed by atoms with Gasteiger partial charge in [0.2, 0.25) is 0 Å². The molecule has 162 valence electrons. The lowest BCUT2D eigenvalue weighted by molar-refractivity contribution is -0.138. The van der Waals surface area contributed by atoms with Gasteiger partial charge in [0.1, 0.15) is 11.6 Å². The second-order valence-corrected chi connectivity index (χ2v) is 7.70. The summed E-state index contributed by atoms with van der Waals surface area (Å²) < 4.78 is 44.2. The number of benzene rings is 1. The summed E-state index contributed by atoms with van der Waals surface area (Å²) in [5.41, 5.74) is 1.19. The molecular formula is C21H23ClF3N3O2. The molecule has 2 aromatic rings. The fourth-order valence-corrected chi connectivity index (χ4v) is 3.59. The number of aromatic nitrogens is 1. The van der Waals surface area contributed by atoms with Crippen LogP contribution in [0.5, 0.6) is 5.75 Å². The first-order valence-corrected chi connectivity index (χ1v) is 9.95. The van der Waals surface area contributed by atoms with Crippen molar-refractivity contribution in [3.05, 3.63) is 52.2 Å². The van der Waals surface area contributed by atoms with Gasteiger partial charge in [0, 0.05) is 32.4 Å². The average Bonchev–Trinajstić information content (AvgIpc) is 2.70. The predicted molar refractivity (Wildman–Crippen MR) is 109 cm³/mol. The molecule has 3 rings (SSSR count). The Morgan fingerprint density at radius 1 is 1.20 bits per heavy atom. The van der Waals surface area contributed by atoms with Gasteiger partial charge in [0.25, 0.3) is 5.91 Å². The monoisotopic (exact) mass is 441 g/mol. The average molecular weight is 442 g/mol. The maximum Gasteiger partial charge on any atom is 0.417 e. The Bertz CT molecular complexity index is 928. The number of carbonyl (C=O) groups excluding carboxylic acids is 1. The number of aryl methyl sites for hydroxylation is 1. The molecule has 1 fully saturated rings. The molecule has 1 unspecified atom stereocenters. The van der Waals surface area contributed by atoms with Gasteiger partial charge in [0.05, 0.1) is 10.6 Å². The van der Waals surface area contributed by atoms with E-state index in [9.17, 15) is 18.0 Å².